The molecule has 0 unspecified atom stereocenters. The number of imidazole rings is 1. The number of hydrogen-bond acceptors (Lipinski definition) is 9. The van der Waals surface area contributed by atoms with E-state index < -0.39 is 4.92 Å². The Hall–Kier alpha value is -4.25. The first-order chi connectivity index (χ1) is 16.5. The number of rotatable bonds is 6. The summed E-state index contributed by atoms with van der Waals surface area (Å²) in [5.41, 5.74) is 3.33. The lowest BCUT2D eigenvalue weighted by molar-refractivity contribution is -0.384. The van der Waals surface area contributed by atoms with Gasteiger partial charge in [-0.3, -0.25) is 10.1 Å². The Balaban J connectivity index is 1.51. The fourth-order valence-corrected chi connectivity index (χ4v) is 4.07. The zero-order valence-electron chi connectivity index (χ0n) is 18.8. The first-order valence-corrected chi connectivity index (χ1v) is 10.8. The monoisotopic (exact) mass is 461 g/mol. The Kier molecular flexibility index (Phi) is 5.68. The molecular weight excluding hydrogens is 438 g/mol. The molecular formula is C23H23N7O4. The molecule has 4 aromatic rings. The lowest BCUT2D eigenvalue weighted by atomic mass is 10.2. The van der Waals surface area contributed by atoms with Crippen molar-refractivity contribution in [2.75, 3.05) is 43.6 Å². The summed E-state index contributed by atoms with van der Waals surface area (Å²) < 4.78 is 12.9. The Morgan fingerprint density at radius 2 is 1.94 bits per heavy atom. The normalized spacial score (nSPS) is 13.8. The predicted octanol–water partition coefficient (Wildman–Crippen LogP) is 3.53. The maximum atomic E-state index is 11.9. The number of aryl methyl sites for hydroxylation is 1. The molecule has 3 heterocycles. The minimum Gasteiger partial charge on any atom is -0.494 e. The van der Waals surface area contributed by atoms with Crippen molar-refractivity contribution in [3.8, 4) is 17.3 Å². The average molecular weight is 461 g/mol. The highest BCUT2D eigenvalue weighted by Gasteiger charge is 2.25. The van der Waals surface area contributed by atoms with Gasteiger partial charge >= 0.3 is 0 Å². The topological polar surface area (TPSA) is 120 Å². The van der Waals surface area contributed by atoms with E-state index in [1.165, 1.54) is 13.2 Å². The van der Waals surface area contributed by atoms with Crippen LogP contribution in [0.15, 0.2) is 48.7 Å². The first kappa shape index (κ1) is 21.6. The molecule has 34 heavy (non-hydrogen) atoms. The summed E-state index contributed by atoms with van der Waals surface area (Å²) in [7, 11) is 3.45. The molecule has 174 valence electrons. The molecule has 11 heteroatoms. The van der Waals surface area contributed by atoms with Gasteiger partial charge in [0.1, 0.15) is 17.1 Å². The second-order valence-electron chi connectivity index (χ2n) is 7.77. The number of morpholine rings is 1. The number of ether oxygens (including phenoxy) is 2. The van der Waals surface area contributed by atoms with Gasteiger partial charge in [-0.1, -0.05) is 12.1 Å². The van der Waals surface area contributed by atoms with Gasteiger partial charge in [-0.05, 0) is 18.2 Å². The van der Waals surface area contributed by atoms with Crippen LogP contribution in [0.25, 0.3) is 22.6 Å². The lowest BCUT2D eigenvalue weighted by Crippen LogP contribution is -2.36. The first-order valence-electron chi connectivity index (χ1n) is 10.8. The summed E-state index contributed by atoms with van der Waals surface area (Å²) in [6.07, 6.45) is 1.62. The number of anilines is 3. The van der Waals surface area contributed by atoms with E-state index in [0.29, 0.717) is 54.9 Å². The van der Waals surface area contributed by atoms with Crippen LogP contribution in [-0.4, -0.2) is 57.9 Å². The van der Waals surface area contributed by atoms with Crippen molar-refractivity contribution in [2.24, 2.45) is 7.05 Å². The number of hydrogen-bond donors (Lipinski definition) is 1. The minimum absolute atomic E-state index is 0.0308. The summed E-state index contributed by atoms with van der Waals surface area (Å²) >= 11 is 0. The summed E-state index contributed by atoms with van der Waals surface area (Å²) in [6.45, 7) is 2.17. The number of nitro groups is 1. The third-order valence-electron chi connectivity index (χ3n) is 5.76. The van der Waals surface area contributed by atoms with Gasteiger partial charge in [0.25, 0.3) is 5.69 Å². The van der Waals surface area contributed by atoms with E-state index >= 15 is 0 Å². The second kappa shape index (κ2) is 8.94. The summed E-state index contributed by atoms with van der Waals surface area (Å²) in [6, 6.07) is 12.7. The Morgan fingerprint density at radius 1 is 1.15 bits per heavy atom. The van der Waals surface area contributed by atoms with Crippen LogP contribution >= 0.6 is 0 Å². The number of nitro benzene ring substituents is 1. The van der Waals surface area contributed by atoms with Gasteiger partial charge < -0.3 is 24.3 Å². The Labute approximate surface area is 195 Å². The third kappa shape index (κ3) is 3.97. The zero-order chi connectivity index (χ0) is 23.7. The van der Waals surface area contributed by atoms with Crippen LogP contribution in [0.1, 0.15) is 0 Å². The highest BCUT2D eigenvalue weighted by molar-refractivity contribution is 5.80. The Bertz CT molecular complexity index is 1360. The SMILES string of the molecule is COc1cc(N2CCOCC2)c([N+](=O)[O-])cc1Nc1nccc(-c2nc3ccccc3n2C)n1. The molecule has 0 amide bonds. The van der Waals surface area contributed by atoms with Gasteiger partial charge in [-0.2, -0.15) is 0 Å². The van der Waals surface area contributed by atoms with Crippen LogP contribution < -0.4 is 15.0 Å². The third-order valence-corrected chi connectivity index (χ3v) is 5.76. The molecule has 0 atom stereocenters. The van der Waals surface area contributed by atoms with Crippen LogP contribution in [0.5, 0.6) is 5.75 Å². The lowest BCUT2D eigenvalue weighted by Gasteiger charge is -2.29. The van der Waals surface area contributed by atoms with Gasteiger partial charge in [0.05, 0.1) is 42.0 Å². The van der Waals surface area contributed by atoms with Crippen LogP contribution in [0.3, 0.4) is 0 Å². The van der Waals surface area contributed by atoms with E-state index in [9.17, 15) is 10.1 Å². The molecule has 5 rings (SSSR count). The number of nitrogens with zero attached hydrogens (tertiary/aromatic N) is 6. The molecule has 1 aliphatic heterocycles. The maximum absolute atomic E-state index is 11.9. The molecule has 1 saturated heterocycles. The van der Waals surface area contributed by atoms with Gasteiger partial charge in [0, 0.05) is 38.5 Å². The number of nitrogens with one attached hydrogen (secondary N) is 1. The van der Waals surface area contributed by atoms with Crippen molar-refractivity contribution < 1.29 is 14.4 Å². The summed E-state index contributed by atoms with van der Waals surface area (Å²) in [4.78, 5) is 27.0. The molecule has 0 radical (unpaired) electrons. The van der Waals surface area contributed by atoms with E-state index in [2.05, 4.69) is 20.3 Å². The number of aromatic nitrogens is 4. The van der Waals surface area contributed by atoms with Gasteiger partial charge in [-0.15, -0.1) is 0 Å². The van der Waals surface area contributed by atoms with Gasteiger partial charge in [-0.25, -0.2) is 15.0 Å². The molecule has 0 aliphatic carbocycles. The van der Waals surface area contributed by atoms with Crippen LogP contribution in [0.2, 0.25) is 0 Å². The van der Waals surface area contributed by atoms with Crippen molar-refractivity contribution in [3.05, 3.63) is 58.8 Å². The number of fused-ring (bicyclic) bond motifs is 1. The summed E-state index contributed by atoms with van der Waals surface area (Å²) in [5, 5.41) is 14.9. The fourth-order valence-electron chi connectivity index (χ4n) is 4.07. The molecule has 1 N–H and O–H groups in total. The molecule has 0 saturated carbocycles. The number of benzene rings is 2. The predicted molar refractivity (Wildman–Crippen MR) is 128 cm³/mol. The van der Waals surface area contributed by atoms with Crippen molar-refractivity contribution in [1.82, 2.24) is 19.5 Å². The minimum atomic E-state index is -0.397. The molecule has 1 fully saturated rings. The quantitative estimate of drug-likeness (QED) is 0.339. The standard InChI is InChI=1S/C23H23N7O4/c1-28-18-6-4-3-5-15(18)25-22(28)16-7-8-24-23(26-16)27-17-13-20(30(31)32)19(14-21(17)33-2)29-9-11-34-12-10-29/h3-8,13-14H,9-12H2,1-2H3,(H,24,26,27). The highest BCUT2D eigenvalue weighted by Crippen LogP contribution is 2.39. The summed E-state index contributed by atoms with van der Waals surface area (Å²) in [5.74, 6) is 1.41. The van der Waals surface area contributed by atoms with E-state index in [4.69, 9.17) is 9.47 Å². The largest absolute Gasteiger partial charge is 0.494 e. The maximum Gasteiger partial charge on any atom is 0.294 e. The Morgan fingerprint density at radius 3 is 2.68 bits per heavy atom. The molecule has 11 nitrogen and oxygen atoms in total. The molecule has 0 bridgehead atoms. The van der Waals surface area contributed by atoms with Crippen molar-refractivity contribution in [2.45, 2.75) is 0 Å². The zero-order valence-corrected chi connectivity index (χ0v) is 18.8. The van der Waals surface area contributed by atoms with E-state index in [-0.39, 0.29) is 11.6 Å². The van der Waals surface area contributed by atoms with Crippen LogP contribution in [0.4, 0.5) is 23.0 Å². The van der Waals surface area contributed by atoms with Gasteiger partial charge in [0.2, 0.25) is 5.95 Å². The molecule has 1 aliphatic rings. The number of methoxy groups -OCH3 is 1. The number of para-hydroxylation sites is 2. The fraction of sp³-hybridized carbons (Fsp3) is 0.261. The van der Waals surface area contributed by atoms with Crippen LogP contribution in [0, 0.1) is 10.1 Å². The molecule has 2 aromatic heterocycles. The van der Waals surface area contributed by atoms with Crippen molar-refractivity contribution >= 4 is 34.0 Å². The van der Waals surface area contributed by atoms with Gasteiger partial charge in [0.15, 0.2) is 5.82 Å². The van der Waals surface area contributed by atoms with E-state index in [0.717, 1.165) is 11.0 Å². The molecule has 0 spiro atoms. The van der Waals surface area contributed by atoms with Crippen molar-refractivity contribution in [1.29, 1.82) is 0 Å². The van der Waals surface area contributed by atoms with Crippen molar-refractivity contribution in [3.63, 3.8) is 0 Å². The second-order valence-corrected chi connectivity index (χ2v) is 7.77. The van der Waals surface area contributed by atoms with E-state index in [1.807, 2.05) is 40.8 Å². The van der Waals surface area contributed by atoms with E-state index in [1.54, 1.807) is 18.3 Å². The molecule has 2 aromatic carbocycles. The highest BCUT2D eigenvalue weighted by atomic mass is 16.6. The average Bonchev–Trinajstić information content (AvgIpc) is 3.21. The smallest absolute Gasteiger partial charge is 0.294 e. The van der Waals surface area contributed by atoms with Crippen LogP contribution in [-0.2, 0) is 11.8 Å².